The average Bonchev–Trinajstić information content (AvgIpc) is 2.52. The van der Waals surface area contributed by atoms with Gasteiger partial charge in [-0.3, -0.25) is 9.59 Å². The van der Waals surface area contributed by atoms with Crippen LogP contribution in [0.3, 0.4) is 0 Å². The third kappa shape index (κ3) is 6.25. The highest BCUT2D eigenvalue weighted by Gasteiger charge is 2.07. The molecular formula is C15H22N4O3. The van der Waals surface area contributed by atoms with Crippen molar-refractivity contribution < 1.29 is 14.4 Å². The Kier molecular flexibility index (Phi) is 7.45. The summed E-state index contributed by atoms with van der Waals surface area (Å²) in [6.07, 6.45) is 0.843. The van der Waals surface area contributed by atoms with Gasteiger partial charge in [0, 0.05) is 24.3 Å². The minimum atomic E-state index is -0.475. The van der Waals surface area contributed by atoms with Crippen LogP contribution in [0.25, 0.3) is 0 Å². The minimum Gasteiger partial charge on any atom is -0.355 e. The van der Waals surface area contributed by atoms with E-state index in [-0.39, 0.29) is 18.4 Å². The lowest BCUT2D eigenvalue weighted by atomic mass is 10.2. The standard InChI is InChI=1S/C15H22N4O3/c1-3-9-17-13(20)10-18-15(22)19-12-7-5-11(6-8-12)14(21)16-4-2/h5-8H,3-4,9-10H2,1-2H3,(H,16,21)(H,17,20)(H2,18,19,22). The highest BCUT2D eigenvalue weighted by Crippen LogP contribution is 2.09. The topological polar surface area (TPSA) is 99.3 Å². The Labute approximate surface area is 129 Å². The molecule has 1 rings (SSSR count). The number of carbonyl (C=O) groups excluding carboxylic acids is 3. The van der Waals surface area contributed by atoms with E-state index in [1.165, 1.54) is 0 Å². The molecule has 1 aromatic rings. The fraction of sp³-hybridized carbons (Fsp3) is 0.400. The van der Waals surface area contributed by atoms with Gasteiger partial charge in [-0.25, -0.2) is 4.79 Å². The number of amides is 4. The highest BCUT2D eigenvalue weighted by atomic mass is 16.2. The predicted octanol–water partition coefficient (Wildman–Crippen LogP) is 1.08. The van der Waals surface area contributed by atoms with E-state index in [2.05, 4.69) is 21.3 Å². The first-order chi connectivity index (χ1) is 10.6. The van der Waals surface area contributed by atoms with E-state index >= 15 is 0 Å². The zero-order chi connectivity index (χ0) is 16.4. The molecule has 7 heteroatoms. The SMILES string of the molecule is CCCNC(=O)CNC(=O)Nc1ccc(C(=O)NCC)cc1. The van der Waals surface area contributed by atoms with E-state index in [1.54, 1.807) is 24.3 Å². The normalized spacial score (nSPS) is 9.73. The molecule has 0 radical (unpaired) electrons. The summed E-state index contributed by atoms with van der Waals surface area (Å²) in [6.45, 7) is 4.85. The van der Waals surface area contributed by atoms with Crippen molar-refractivity contribution >= 4 is 23.5 Å². The third-order valence-electron chi connectivity index (χ3n) is 2.72. The smallest absolute Gasteiger partial charge is 0.319 e. The number of carbonyl (C=O) groups is 3. The lowest BCUT2D eigenvalue weighted by Crippen LogP contribution is -2.39. The summed E-state index contributed by atoms with van der Waals surface area (Å²) >= 11 is 0. The van der Waals surface area contributed by atoms with Gasteiger partial charge in [-0.15, -0.1) is 0 Å². The van der Waals surface area contributed by atoms with Crippen molar-refractivity contribution in [2.75, 3.05) is 25.0 Å². The second-order valence-corrected chi connectivity index (χ2v) is 4.59. The van der Waals surface area contributed by atoms with Crippen LogP contribution < -0.4 is 21.3 Å². The van der Waals surface area contributed by atoms with E-state index < -0.39 is 6.03 Å². The zero-order valence-electron chi connectivity index (χ0n) is 12.9. The molecule has 1 aromatic carbocycles. The first-order valence-corrected chi connectivity index (χ1v) is 7.26. The van der Waals surface area contributed by atoms with Gasteiger partial charge in [0.15, 0.2) is 0 Å². The number of hydrogen-bond donors (Lipinski definition) is 4. The van der Waals surface area contributed by atoms with Crippen LogP contribution in [0.15, 0.2) is 24.3 Å². The zero-order valence-corrected chi connectivity index (χ0v) is 12.9. The number of rotatable bonds is 7. The first kappa shape index (κ1) is 17.5. The van der Waals surface area contributed by atoms with E-state index in [1.807, 2.05) is 13.8 Å². The third-order valence-corrected chi connectivity index (χ3v) is 2.72. The predicted molar refractivity (Wildman–Crippen MR) is 84.8 cm³/mol. The van der Waals surface area contributed by atoms with Crippen LogP contribution in [-0.4, -0.2) is 37.5 Å². The molecule has 0 fully saturated rings. The fourth-order valence-electron chi connectivity index (χ4n) is 1.63. The van der Waals surface area contributed by atoms with Gasteiger partial charge in [0.25, 0.3) is 5.91 Å². The molecule has 0 spiro atoms. The maximum absolute atomic E-state index is 11.6. The molecule has 0 bridgehead atoms. The molecule has 0 atom stereocenters. The average molecular weight is 306 g/mol. The van der Waals surface area contributed by atoms with Crippen molar-refractivity contribution in [2.24, 2.45) is 0 Å². The van der Waals surface area contributed by atoms with Gasteiger partial charge in [0.2, 0.25) is 5.91 Å². The second kappa shape index (κ2) is 9.38. The molecule has 0 heterocycles. The molecule has 7 nitrogen and oxygen atoms in total. The summed E-state index contributed by atoms with van der Waals surface area (Å²) < 4.78 is 0. The maximum Gasteiger partial charge on any atom is 0.319 e. The molecule has 0 aromatic heterocycles. The summed E-state index contributed by atoms with van der Waals surface area (Å²) in [4.78, 5) is 34.6. The van der Waals surface area contributed by atoms with Gasteiger partial charge in [-0.2, -0.15) is 0 Å². The van der Waals surface area contributed by atoms with Gasteiger partial charge in [-0.05, 0) is 37.6 Å². The number of benzene rings is 1. The lowest BCUT2D eigenvalue weighted by Gasteiger charge is -2.08. The Balaban J connectivity index is 2.41. The Morgan fingerprint density at radius 1 is 0.955 bits per heavy atom. The van der Waals surface area contributed by atoms with Crippen molar-refractivity contribution in [3.63, 3.8) is 0 Å². The number of urea groups is 1. The largest absolute Gasteiger partial charge is 0.355 e. The van der Waals surface area contributed by atoms with E-state index in [0.717, 1.165) is 6.42 Å². The minimum absolute atomic E-state index is 0.0805. The molecular weight excluding hydrogens is 284 g/mol. The molecule has 0 saturated carbocycles. The maximum atomic E-state index is 11.6. The van der Waals surface area contributed by atoms with E-state index in [4.69, 9.17) is 0 Å². The summed E-state index contributed by atoms with van der Waals surface area (Å²) in [5.41, 5.74) is 1.06. The van der Waals surface area contributed by atoms with Crippen molar-refractivity contribution in [1.82, 2.24) is 16.0 Å². The molecule has 0 aliphatic rings. The molecule has 4 N–H and O–H groups in total. The van der Waals surface area contributed by atoms with Crippen molar-refractivity contribution in [3.05, 3.63) is 29.8 Å². The summed E-state index contributed by atoms with van der Waals surface area (Å²) in [6, 6.07) is 6.02. The molecule has 4 amide bonds. The Morgan fingerprint density at radius 3 is 2.23 bits per heavy atom. The Bertz CT molecular complexity index is 514. The Hall–Kier alpha value is -2.57. The molecule has 0 aliphatic carbocycles. The molecule has 0 aliphatic heterocycles. The molecule has 120 valence electrons. The van der Waals surface area contributed by atoms with Crippen LogP contribution in [-0.2, 0) is 4.79 Å². The van der Waals surface area contributed by atoms with Crippen LogP contribution in [0.1, 0.15) is 30.6 Å². The van der Waals surface area contributed by atoms with Crippen LogP contribution in [0.4, 0.5) is 10.5 Å². The first-order valence-electron chi connectivity index (χ1n) is 7.26. The monoisotopic (exact) mass is 306 g/mol. The van der Waals surface area contributed by atoms with Gasteiger partial charge in [0.1, 0.15) is 0 Å². The van der Waals surface area contributed by atoms with Crippen LogP contribution in [0.5, 0.6) is 0 Å². The molecule has 0 saturated heterocycles. The van der Waals surface area contributed by atoms with Crippen LogP contribution in [0, 0.1) is 0 Å². The summed E-state index contributed by atoms with van der Waals surface area (Å²) in [7, 11) is 0. The second-order valence-electron chi connectivity index (χ2n) is 4.59. The van der Waals surface area contributed by atoms with Crippen molar-refractivity contribution in [1.29, 1.82) is 0 Å². The number of hydrogen-bond acceptors (Lipinski definition) is 3. The highest BCUT2D eigenvalue weighted by molar-refractivity contribution is 5.96. The quantitative estimate of drug-likeness (QED) is 0.606. The van der Waals surface area contributed by atoms with Crippen LogP contribution >= 0.6 is 0 Å². The summed E-state index contributed by atoms with van der Waals surface area (Å²) in [5.74, 6) is -0.394. The molecule has 22 heavy (non-hydrogen) atoms. The van der Waals surface area contributed by atoms with Gasteiger partial charge in [0.05, 0.1) is 6.54 Å². The lowest BCUT2D eigenvalue weighted by molar-refractivity contribution is -0.120. The van der Waals surface area contributed by atoms with E-state index in [0.29, 0.717) is 24.3 Å². The van der Waals surface area contributed by atoms with E-state index in [9.17, 15) is 14.4 Å². The number of nitrogens with one attached hydrogen (secondary N) is 4. The van der Waals surface area contributed by atoms with Gasteiger partial charge < -0.3 is 21.3 Å². The fourth-order valence-corrected chi connectivity index (χ4v) is 1.63. The van der Waals surface area contributed by atoms with Crippen molar-refractivity contribution in [2.45, 2.75) is 20.3 Å². The van der Waals surface area contributed by atoms with Gasteiger partial charge >= 0.3 is 6.03 Å². The Morgan fingerprint density at radius 2 is 1.64 bits per heavy atom. The summed E-state index contributed by atoms with van der Waals surface area (Å²) in [5, 5.41) is 10.4. The molecule has 0 unspecified atom stereocenters. The van der Waals surface area contributed by atoms with Crippen molar-refractivity contribution in [3.8, 4) is 0 Å². The number of anilines is 1. The van der Waals surface area contributed by atoms with Gasteiger partial charge in [-0.1, -0.05) is 6.92 Å². The van der Waals surface area contributed by atoms with Crippen LogP contribution in [0.2, 0.25) is 0 Å².